The van der Waals surface area contributed by atoms with Gasteiger partial charge in [0.1, 0.15) is 0 Å². The third-order valence-corrected chi connectivity index (χ3v) is 4.30. The Morgan fingerprint density at radius 1 is 1.44 bits per heavy atom. The van der Waals surface area contributed by atoms with Crippen molar-refractivity contribution >= 4 is 17.2 Å². The van der Waals surface area contributed by atoms with E-state index in [1.54, 1.807) is 11.3 Å². The Morgan fingerprint density at radius 2 is 2.28 bits per heavy atom. The smallest absolute Gasteiger partial charge is 0.222 e. The molecule has 0 N–H and O–H groups in total. The maximum Gasteiger partial charge on any atom is 0.222 e. The summed E-state index contributed by atoms with van der Waals surface area (Å²) in [5.74, 6) is 1.05. The molecule has 1 fully saturated rings. The highest BCUT2D eigenvalue weighted by Crippen LogP contribution is 2.16. The van der Waals surface area contributed by atoms with E-state index in [0.29, 0.717) is 5.91 Å². The first-order chi connectivity index (χ1) is 8.65. The predicted octanol–water partition coefficient (Wildman–Crippen LogP) is 2.90. The number of carbonyl (C=O) groups excluding carboxylic acids is 1. The van der Waals surface area contributed by atoms with E-state index in [1.807, 2.05) is 4.90 Å². The molecule has 2 rings (SSSR count). The number of amides is 1. The molecular formula is C14H22N2OS. The van der Waals surface area contributed by atoms with Gasteiger partial charge in [-0.25, -0.2) is 4.98 Å². The Labute approximate surface area is 113 Å². The van der Waals surface area contributed by atoms with Crippen LogP contribution in [0.5, 0.6) is 0 Å². The van der Waals surface area contributed by atoms with E-state index in [2.05, 4.69) is 24.2 Å². The molecule has 18 heavy (non-hydrogen) atoms. The Bertz CT molecular complexity index is 400. The van der Waals surface area contributed by atoms with Crippen LogP contribution in [0.25, 0.3) is 0 Å². The summed E-state index contributed by atoms with van der Waals surface area (Å²) in [6.07, 6.45) is 4.95. The second-order valence-corrected chi connectivity index (χ2v) is 6.34. The lowest BCUT2D eigenvalue weighted by molar-refractivity contribution is -0.127. The van der Waals surface area contributed by atoms with E-state index in [1.165, 1.54) is 17.1 Å². The summed E-state index contributed by atoms with van der Waals surface area (Å²) in [5, 5.41) is 3.34. The van der Waals surface area contributed by atoms with E-state index in [9.17, 15) is 4.79 Å². The normalized spacial score (nSPS) is 15.9. The van der Waals surface area contributed by atoms with E-state index in [4.69, 9.17) is 0 Å². The van der Waals surface area contributed by atoms with Gasteiger partial charge in [0, 0.05) is 31.3 Å². The van der Waals surface area contributed by atoms with Crippen molar-refractivity contribution in [2.75, 3.05) is 13.1 Å². The van der Waals surface area contributed by atoms with Gasteiger partial charge in [0.05, 0.1) is 10.7 Å². The van der Waals surface area contributed by atoms with Crippen molar-refractivity contribution in [2.24, 2.45) is 5.92 Å². The monoisotopic (exact) mass is 266 g/mol. The van der Waals surface area contributed by atoms with Gasteiger partial charge in [-0.1, -0.05) is 13.8 Å². The first kappa shape index (κ1) is 13.5. The zero-order valence-corrected chi connectivity index (χ0v) is 12.1. The predicted molar refractivity (Wildman–Crippen MR) is 74.8 cm³/mol. The highest BCUT2D eigenvalue weighted by Gasteiger charge is 2.19. The van der Waals surface area contributed by atoms with Crippen LogP contribution in [0.3, 0.4) is 0 Å². The molecule has 2 heterocycles. The van der Waals surface area contributed by atoms with E-state index in [-0.39, 0.29) is 0 Å². The summed E-state index contributed by atoms with van der Waals surface area (Å²) in [4.78, 5) is 18.1. The summed E-state index contributed by atoms with van der Waals surface area (Å²) in [6.45, 7) is 6.26. The number of nitrogens with zero attached hydrogens (tertiary/aromatic N) is 2. The van der Waals surface area contributed by atoms with Gasteiger partial charge in [-0.05, 0) is 25.2 Å². The van der Waals surface area contributed by atoms with Crippen molar-refractivity contribution < 1.29 is 4.79 Å². The van der Waals surface area contributed by atoms with Crippen LogP contribution in [0.2, 0.25) is 0 Å². The molecule has 100 valence electrons. The molecule has 4 heteroatoms. The number of carbonyl (C=O) groups is 1. The minimum absolute atomic E-state index is 0.312. The molecule has 3 nitrogen and oxygen atoms in total. The second kappa shape index (κ2) is 6.32. The fourth-order valence-corrected chi connectivity index (χ4v) is 3.01. The average molecular weight is 266 g/mol. The van der Waals surface area contributed by atoms with E-state index < -0.39 is 0 Å². The second-order valence-electron chi connectivity index (χ2n) is 5.40. The Balaban J connectivity index is 1.77. The van der Waals surface area contributed by atoms with Gasteiger partial charge in [0.15, 0.2) is 0 Å². The molecule has 0 saturated carbocycles. The molecule has 0 bridgehead atoms. The molecule has 0 spiro atoms. The number of hydrogen-bond donors (Lipinski definition) is 0. The molecule has 1 aromatic heterocycles. The molecule has 1 amide bonds. The molecule has 1 saturated heterocycles. The van der Waals surface area contributed by atoms with Crippen molar-refractivity contribution in [3.05, 3.63) is 16.1 Å². The highest BCUT2D eigenvalue weighted by atomic mass is 32.1. The largest absolute Gasteiger partial charge is 0.342 e. The lowest BCUT2D eigenvalue weighted by Gasteiger charge is -2.13. The Morgan fingerprint density at radius 3 is 2.94 bits per heavy atom. The topological polar surface area (TPSA) is 33.2 Å². The molecular weight excluding hydrogens is 244 g/mol. The van der Waals surface area contributed by atoms with Crippen LogP contribution in [-0.2, 0) is 17.6 Å². The minimum Gasteiger partial charge on any atom is -0.342 e. The van der Waals surface area contributed by atoms with Crippen LogP contribution in [0.15, 0.2) is 5.38 Å². The van der Waals surface area contributed by atoms with Gasteiger partial charge in [-0.2, -0.15) is 0 Å². The molecule has 0 radical (unpaired) electrons. The van der Waals surface area contributed by atoms with Crippen molar-refractivity contribution in [3.63, 3.8) is 0 Å². The summed E-state index contributed by atoms with van der Waals surface area (Å²) in [7, 11) is 0. The molecule has 1 aliphatic heterocycles. The lowest BCUT2D eigenvalue weighted by atomic mass is 10.1. The SMILES string of the molecule is CC(C)CCc1csc(CCN2CCCC2=O)n1. The molecule has 0 aliphatic carbocycles. The number of aryl methyl sites for hydroxylation is 1. The summed E-state index contributed by atoms with van der Waals surface area (Å²) in [6, 6.07) is 0. The summed E-state index contributed by atoms with van der Waals surface area (Å²) < 4.78 is 0. The van der Waals surface area contributed by atoms with Crippen molar-refractivity contribution in [1.82, 2.24) is 9.88 Å². The number of likely N-dealkylation sites (tertiary alicyclic amines) is 1. The number of aromatic nitrogens is 1. The van der Waals surface area contributed by atoms with Gasteiger partial charge in [-0.15, -0.1) is 11.3 Å². The van der Waals surface area contributed by atoms with Crippen molar-refractivity contribution in [3.8, 4) is 0 Å². The van der Waals surface area contributed by atoms with Gasteiger partial charge < -0.3 is 4.90 Å². The van der Waals surface area contributed by atoms with Gasteiger partial charge in [0.2, 0.25) is 5.91 Å². The standard InChI is InChI=1S/C14H22N2OS/c1-11(2)5-6-12-10-18-13(15-12)7-9-16-8-3-4-14(16)17/h10-11H,3-9H2,1-2H3. The number of thiazole rings is 1. The first-order valence-corrected chi connectivity index (χ1v) is 7.74. The maximum atomic E-state index is 11.5. The van der Waals surface area contributed by atoms with Crippen molar-refractivity contribution in [1.29, 1.82) is 0 Å². The summed E-state index contributed by atoms with van der Waals surface area (Å²) in [5.41, 5.74) is 1.22. The minimum atomic E-state index is 0.312. The van der Waals surface area contributed by atoms with E-state index >= 15 is 0 Å². The van der Waals surface area contributed by atoms with Gasteiger partial charge >= 0.3 is 0 Å². The van der Waals surface area contributed by atoms with Crippen LogP contribution in [0, 0.1) is 5.92 Å². The molecule has 0 atom stereocenters. The van der Waals surface area contributed by atoms with Crippen LogP contribution < -0.4 is 0 Å². The zero-order chi connectivity index (χ0) is 13.0. The number of rotatable bonds is 6. The van der Waals surface area contributed by atoms with E-state index in [0.717, 1.165) is 44.7 Å². The molecule has 0 unspecified atom stereocenters. The lowest BCUT2D eigenvalue weighted by Crippen LogP contribution is -2.26. The van der Waals surface area contributed by atoms with Crippen LogP contribution >= 0.6 is 11.3 Å². The molecule has 1 aliphatic rings. The summed E-state index contributed by atoms with van der Waals surface area (Å²) >= 11 is 1.74. The van der Waals surface area contributed by atoms with Gasteiger partial charge in [-0.3, -0.25) is 4.79 Å². The Kier molecular flexibility index (Phi) is 4.75. The van der Waals surface area contributed by atoms with Gasteiger partial charge in [0.25, 0.3) is 0 Å². The third-order valence-electron chi connectivity index (χ3n) is 3.34. The zero-order valence-electron chi connectivity index (χ0n) is 11.3. The quantitative estimate of drug-likeness (QED) is 0.793. The number of hydrogen-bond acceptors (Lipinski definition) is 3. The fourth-order valence-electron chi connectivity index (χ4n) is 2.19. The maximum absolute atomic E-state index is 11.5. The highest BCUT2D eigenvalue weighted by molar-refractivity contribution is 7.09. The van der Waals surface area contributed by atoms with Crippen LogP contribution in [-0.4, -0.2) is 28.9 Å². The fraction of sp³-hybridized carbons (Fsp3) is 0.714. The average Bonchev–Trinajstić information content (AvgIpc) is 2.93. The molecule has 1 aromatic rings. The van der Waals surface area contributed by atoms with Crippen LogP contribution in [0.1, 0.15) is 43.8 Å². The van der Waals surface area contributed by atoms with Crippen LogP contribution in [0.4, 0.5) is 0 Å². The Hall–Kier alpha value is -0.900. The van der Waals surface area contributed by atoms with Crippen molar-refractivity contribution in [2.45, 2.75) is 46.0 Å². The molecule has 0 aromatic carbocycles. The first-order valence-electron chi connectivity index (χ1n) is 6.86. The third kappa shape index (κ3) is 3.80.